The molecule has 0 radical (unpaired) electrons. The molecule has 0 aliphatic carbocycles. The van der Waals surface area contributed by atoms with Gasteiger partial charge in [-0.3, -0.25) is 4.79 Å². The standard InChI is InChI=1S/C22H24FN3O3/c1-14(2)28-19-7-5-4-6-17(19)13-24-20(27)10-11-21-25-22(26-29-21)16-9-8-15(3)18(23)12-16/h4-9,12,14H,10-11,13H2,1-3H3,(H,24,27). The number of carbonyl (C=O) groups excluding carboxylic acids is 1. The minimum atomic E-state index is -0.324. The number of aryl methyl sites for hydroxylation is 2. The van der Waals surface area contributed by atoms with Crippen molar-refractivity contribution in [3.8, 4) is 17.1 Å². The molecule has 2 aromatic carbocycles. The average molecular weight is 397 g/mol. The summed E-state index contributed by atoms with van der Waals surface area (Å²) < 4.78 is 24.6. The molecule has 0 unspecified atom stereocenters. The fourth-order valence-corrected chi connectivity index (χ4v) is 2.73. The first-order valence-electron chi connectivity index (χ1n) is 9.52. The molecule has 0 aliphatic rings. The van der Waals surface area contributed by atoms with E-state index in [9.17, 15) is 9.18 Å². The number of nitrogens with zero attached hydrogens (tertiary/aromatic N) is 2. The molecule has 1 amide bonds. The first-order chi connectivity index (χ1) is 13.9. The van der Waals surface area contributed by atoms with Crippen LogP contribution in [0.5, 0.6) is 5.75 Å². The van der Waals surface area contributed by atoms with Gasteiger partial charge in [-0.15, -0.1) is 0 Å². The predicted octanol–water partition coefficient (Wildman–Crippen LogP) is 4.22. The summed E-state index contributed by atoms with van der Waals surface area (Å²) in [4.78, 5) is 16.4. The second-order valence-corrected chi connectivity index (χ2v) is 7.03. The van der Waals surface area contributed by atoms with Gasteiger partial charge in [-0.25, -0.2) is 4.39 Å². The van der Waals surface area contributed by atoms with Crippen LogP contribution in [0.2, 0.25) is 0 Å². The van der Waals surface area contributed by atoms with Gasteiger partial charge in [0.2, 0.25) is 17.6 Å². The van der Waals surface area contributed by atoms with E-state index in [2.05, 4.69) is 15.5 Å². The molecule has 0 aliphatic heterocycles. The van der Waals surface area contributed by atoms with Gasteiger partial charge in [-0.2, -0.15) is 4.98 Å². The molecular formula is C22H24FN3O3. The maximum absolute atomic E-state index is 13.7. The number of ether oxygens (including phenoxy) is 1. The Morgan fingerprint density at radius 2 is 2.03 bits per heavy atom. The molecule has 7 heteroatoms. The van der Waals surface area contributed by atoms with Crippen LogP contribution in [0, 0.1) is 12.7 Å². The van der Waals surface area contributed by atoms with Crippen molar-refractivity contribution in [2.75, 3.05) is 0 Å². The molecule has 0 spiro atoms. The quantitative estimate of drug-likeness (QED) is 0.616. The second kappa shape index (κ2) is 9.32. The molecule has 0 atom stereocenters. The van der Waals surface area contributed by atoms with Gasteiger partial charge in [0.05, 0.1) is 6.10 Å². The molecule has 152 valence electrons. The third-order valence-electron chi connectivity index (χ3n) is 4.28. The first kappa shape index (κ1) is 20.5. The highest BCUT2D eigenvalue weighted by Gasteiger charge is 2.13. The first-order valence-corrected chi connectivity index (χ1v) is 9.52. The minimum Gasteiger partial charge on any atom is -0.491 e. The van der Waals surface area contributed by atoms with E-state index in [1.807, 2.05) is 38.1 Å². The smallest absolute Gasteiger partial charge is 0.227 e. The van der Waals surface area contributed by atoms with Gasteiger partial charge in [-0.1, -0.05) is 35.5 Å². The number of aromatic nitrogens is 2. The van der Waals surface area contributed by atoms with Crippen LogP contribution in [-0.2, 0) is 17.8 Å². The summed E-state index contributed by atoms with van der Waals surface area (Å²) in [6, 6.07) is 12.4. The number of nitrogens with one attached hydrogen (secondary N) is 1. The number of amides is 1. The normalized spacial score (nSPS) is 10.9. The van der Waals surface area contributed by atoms with Crippen molar-refractivity contribution in [3.63, 3.8) is 0 Å². The molecule has 6 nitrogen and oxygen atoms in total. The van der Waals surface area contributed by atoms with Crippen molar-refractivity contribution in [2.45, 2.75) is 46.3 Å². The van der Waals surface area contributed by atoms with Crippen LogP contribution in [-0.4, -0.2) is 22.2 Å². The van der Waals surface area contributed by atoms with E-state index in [4.69, 9.17) is 9.26 Å². The van der Waals surface area contributed by atoms with Crippen LogP contribution in [0.25, 0.3) is 11.4 Å². The van der Waals surface area contributed by atoms with Gasteiger partial charge in [0, 0.05) is 30.5 Å². The largest absolute Gasteiger partial charge is 0.491 e. The summed E-state index contributed by atoms with van der Waals surface area (Å²) >= 11 is 0. The molecule has 1 heterocycles. The van der Waals surface area contributed by atoms with Crippen LogP contribution in [0.4, 0.5) is 4.39 Å². The Bertz CT molecular complexity index is 985. The van der Waals surface area contributed by atoms with E-state index in [-0.39, 0.29) is 24.2 Å². The van der Waals surface area contributed by atoms with Gasteiger partial charge >= 0.3 is 0 Å². The zero-order valence-electron chi connectivity index (χ0n) is 16.7. The van der Waals surface area contributed by atoms with Crippen molar-refractivity contribution in [3.05, 3.63) is 65.3 Å². The average Bonchev–Trinajstić information content (AvgIpc) is 3.16. The topological polar surface area (TPSA) is 77.2 Å². The molecule has 0 bridgehead atoms. The number of rotatable bonds is 8. The number of carbonyl (C=O) groups is 1. The number of benzene rings is 2. The SMILES string of the molecule is Cc1ccc(-c2noc(CCC(=O)NCc3ccccc3OC(C)C)n2)cc1F. The molecular weight excluding hydrogens is 373 g/mol. The van der Waals surface area contributed by atoms with Gasteiger partial charge < -0.3 is 14.6 Å². The van der Waals surface area contributed by atoms with Gasteiger partial charge in [0.15, 0.2) is 0 Å². The summed E-state index contributed by atoms with van der Waals surface area (Å²) in [7, 11) is 0. The third kappa shape index (κ3) is 5.63. The third-order valence-corrected chi connectivity index (χ3v) is 4.28. The number of hydrogen-bond acceptors (Lipinski definition) is 5. The van der Waals surface area contributed by atoms with Gasteiger partial charge in [-0.05, 0) is 38.5 Å². The Balaban J connectivity index is 1.53. The van der Waals surface area contributed by atoms with Crippen molar-refractivity contribution < 1.29 is 18.4 Å². The molecule has 3 aromatic rings. The Morgan fingerprint density at radius 1 is 1.24 bits per heavy atom. The fraction of sp³-hybridized carbons (Fsp3) is 0.318. The molecule has 3 rings (SSSR count). The highest BCUT2D eigenvalue weighted by molar-refractivity contribution is 5.76. The fourth-order valence-electron chi connectivity index (χ4n) is 2.73. The van der Waals surface area contributed by atoms with Crippen LogP contribution in [0.15, 0.2) is 47.0 Å². The lowest BCUT2D eigenvalue weighted by Gasteiger charge is -2.14. The summed E-state index contributed by atoms with van der Waals surface area (Å²) in [6.07, 6.45) is 0.564. The maximum Gasteiger partial charge on any atom is 0.227 e. The summed E-state index contributed by atoms with van der Waals surface area (Å²) in [6.45, 7) is 5.98. The van der Waals surface area contributed by atoms with E-state index in [1.165, 1.54) is 6.07 Å². The maximum atomic E-state index is 13.7. The zero-order chi connectivity index (χ0) is 20.8. The summed E-state index contributed by atoms with van der Waals surface area (Å²) in [5.41, 5.74) is 2.00. The Hall–Kier alpha value is -3.22. The molecule has 29 heavy (non-hydrogen) atoms. The van der Waals surface area contributed by atoms with E-state index >= 15 is 0 Å². The van der Waals surface area contributed by atoms with Crippen molar-refractivity contribution in [2.24, 2.45) is 0 Å². The van der Waals surface area contributed by atoms with Crippen LogP contribution >= 0.6 is 0 Å². The zero-order valence-corrected chi connectivity index (χ0v) is 16.7. The van der Waals surface area contributed by atoms with Crippen molar-refractivity contribution in [1.82, 2.24) is 15.5 Å². The highest BCUT2D eigenvalue weighted by Crippen LogP contribution is 2.20. The Kier molecular flexibility index (Phi) is 6.59. The monoisotopic (exact) mass is 397 g/mol. The lowest BCUT2D eigenvalue weighted by molar-refractivity contribution is -0.121. The molecule has 1 N–H and O–H groups in total. The van der Waals surface area contributed by atoms with Crippen molar-refractivity contribution >= 4 is 5.91 Å². The van der Waals surface area contributed by atoms with E-state index in [1.54, 1.807) is 19.1 Å². The summed E-state index contributed by atoms with van der Waals surface area (Å²) in [5, 5.41) is 6.74. The molecule has 1 aromatic heterocycles. The summed E-state index contributed by atoms with van der Waals surface area (Å²) in [5.74, 6) is 0.939. The van der Waals surface area contributed by atoms with Crippen molar-refractivity contribution in [1.29, 1.82) is 0 Å². The van der Waals surface area contributed by atoms with Crippen LogP contribution in [0.1, 0.15) is 37.3 Å². The van der Waals surface area contributed by atoms with E-state index < -0.39 is 0 Å². The number of hydrogen-bond donors (Lipinski definition) is 1. The lowest BCUT2D eigenvalue weighted by Crippen LogP contribution is -2.23. The molecule has 0 fully saturated rings. The van der Waals surface area contributed by atoms with Gasteiger partial charge in [0.1, 0.15) is 11.6 Å². The van der Waals surface area contributed by atoms with Crippen LogP contribution < -0.4 is 10.1 Å². The Labute approximate surface area is 169 Å². The predicted molar refractivity (Wildman–Crippen MR) is 107 cm³/mol. The molecule has 0 saturated heterocycles. The number of halogens is 1. The van der Waals surface area contributed by atoms with E-state index in [0.717, 1.165) is 11.3 Å². The van der Waals surface area contributed by atoms with Crippen LogP contribution in [0.3, 0.4) is 0 Å². The highest BCUT2D eigenvalue weighted by atomic mass is 19.1. The minimum absolute atomic E-state index is 0.0561. The Morgan fingerprint density at radius 3 is 2.79 bits per heavy atom. The van der Waals surface area contributed by atoms with Gasteiger partial charge in [0.25, 0.3) is 0 Å². The number of para-hydroxylation sites is 1. The van der Waals surface area contributed by atoms with E-state index in [0.29, 0.717) is 35.8 Å². The lowest BCUT2D eigenvalue weighted by atomic mass is 10.1. The second-order valence-electron chi connectivity index (χ2n) is 7.03. The molecule has 0 saturated carbocycles.